The van der Waals surface area contributed by atoms with Gasteiger partial charge in [-0.1, -0.05) is 29.3 Å². The molecule has 0 saturated carbocycles. The highest BCUT2D eigenvalue weighted by atomic mass is 35.5. The number of nitrogens with zero attached hydrogens (tertiary/aromatic N) is 2. The number of hydrogen-bond acceptors (Lipinski definition) is 6. The third-order valence-electron chi connectivity index (χ3n) is 4.14. The number of amides is 1. The van der Waals surface area contributed by atoms with E-state index in [-0.39, 0.29) is 38.5 Å². The summed E-state index contributed by atoms with van der Waals surface area (Å²) in [6.45, 7) is 0. The molecule has 156 valence electrons. The highest BCUT2D eigenvalue weighted by molar-refractivity contribution is 6.40. The van der Waals surface area contributed by atoms with Crippen LogP contribution in [-0.4, -0.2) is 17.9 Å². The first-order chi connectivity index (χ1) is 14.8. The van der Waals surface area contributed by atoms with Gasteiger partial charge in [-0.15, -0.1) is 0 Å². The van der Waals surface area contributed by atoms with E-state index in [2.05, 4.69) is 5.32 Å². The Bertz CT molecular complexity index is 1220. The third kappa shape index (κ3) is 4.86. The van der Waals surface area contributed by atoms with Gasteiger partial charge in [-0.3, -0.25) is 14.9 Å². The molecule has 0 fully saturated rings. The number of methoxy groups -OCH3 is 1. The number of carbonyl (C=O) groups is 1. The number of nitro groups is 1. The number of ether oxygens (including phenoxy) is 1. The average molecular weight is 458 g/mol. The van der Waals surface area contributed by atoms with Gasteiger partial charge in [0.05, 0.1) is 39.4 Å². The number of carbonyl (C=O) groups excluding carboxylic acids is 1. The molecule has 8 nitrogen and oxygen atoms in total. The maximum atomic E-state index is 12.5. The maximum Gasteiger partial charge on any atom is 0.273 e. The van der Waals surface area contributed by atoms with Crippen LogP contribution >= 0.6 is 23.2 Å². The first-order valence-electron chi connectivity index (χ1n) is 8.64. The van der Waals surface area contributed by atoms with E-state index in [1.54, 1.807) is 36.4 Å². The van der Waals surface area contributed by atoms with Gasteiger partial charge in [-0.25, -0.2) is 0 Å². The van der Waals surface area contributed by atoms with Crippen LogP contribution in [-0.2, 0) is 4.79 Å². The summed E-state index contributed by atoms with van der Waals surface area (Å²) < 4.78 is 10.9. The molecule has 31 heavy (non-hydrogen) atoms. The van der Waals surface area contributed by atoms with Crippen LogP contribution in [0.25, 0.3) is 17.4 Å². The highest BCUT2D eigenvalue weighted by Crippen LogP contribution is 2.35. The number of nitro benzene ring substituents is 1. The number of benzene rings is 2. The topological polar surface area (TPSA) is 118 Å². The van der Waals surface area contributed by atoms with Crippen LogP contribution in [0, 0.1) is 21.4 Å². The van der Waals surface area contributed by atoms with Crippen molar-refractivity contribution < 1.29 is 18.9 Å². The van der Waals surface area contributed by atoms with Crippen molar-refractivity contribution in [1.82, 2.24) is 0 Å². The molecule has 3 rings (SSSR count). The molecule has 0 aliphatic carbocycles. The number of hydrogen-bond donors (Lipinski definition) is 1. The Kier molecular flexibility index (Phi) is 6.60. The molecular formula is C21H13Cl2N3O5. The van der Waals surface area contributed by atoms with Crippen molar-refractivity contribution in [2.45, 2.75) is 0 Å². The summed E-state index contributed by atoms with van der Waals surface area (Å²) >= 11 is 12.1. The number of rotatable bonds is 6. The molecule has 1 aromatic heterocycles. The smallest absolute Gasteiger partial charge is 0.273 e. The lowest BCUT2D eigenvalue weighted by molar-refractivity contribution is -0.384. The molecule has 0 spiro atoms. The second-order valence-electron chi connectivity index (χ2n) is 6.06. The van der Waals surface area contributed by atoms with Crippen LogP contribution in [0.2, 0.25) is 10.0 Å². The molecule has 0 radical (unpaired) electrons. The van der Waals surface area contributed by atoms with Gasteiger partial charge in [0.1, 0.15) is 28.9 Å². The minimum absolute atomic E-state index is 0.131. The molecule has 0 aliphatic rings. The first-order valence-corrected chi connectivity index (χ1v) is 9.39. The van der Waals surface area contributed by atoms with E-state index < -0.39 is 10.8 Å². The largest absolute Gasteiger partial charge is 0.496 e. The van der Waals surface area contributed by atoms with Crippen molar-refractivity contribution in [3.8, 4) is 23.1 Å². The summed E-state index contributed by atoms with van der Waals surface area (Å²) in [6.07, 6.45) is 1.25. The molecule has 0 atom stereocenters. The Morgan fingerprint density at radius 1 is 1.23 bits per heavy atom. The fourth-order valence-electron chi connectivity index (χ4n) is 2.66. The van der Waals surface area contributed by atoms with Gasteiger partial charge in [0.15, 0.2) is 0 Å². The number of nitrogens with one attached hydrogen (secondary N) is 1. The van der Waals surface area contributed by atoms with E-state index >= 15 is 0 Å². The Labute approximate surface area is 186 Å². The molecule has 1 heterocycles. The van der Waals surface area contributed by atoms with E-state index in [1.165, 1.54) is 31.4 Å². The van der Waals surface area contributed by atoms with Crippen molar-refractivity contribution in [2.24, 2.45) is 0 Å². The van der Waals surface area contributed by atoms with Crippen LogP contribution in [0.4, 0.5) is 11.4 Å². The van der Waals surface area contributed by atoms with Crippen molar-refractivity contribution in [1.29, 1.82) is 5.26 Å². The molecule has 0 saturated heterocycles. The lowest BCUT2D eigenvalue weighted by atomic mass is 10.1. The second-order valence-corrected chi connectivity index (χ2v) is 6.88. The number of halogens is 2. The molecule has 10 heteroatoms. The van der Waals surface area contributed by atoms with Gasteiger partial charge < -0.3 is 14.5 Å². The minimum Gasteiger partial charge on any atom is -0.496 e. The van der Waals surface area contributed by atoms with Crippen molar-refractivity contribution >= 4 is 46.6 Å². The van der Waals surface area contributed by atoms with Gasteiger partial charge >= 0.3 is 0 Å². The van der Waals surface area contributed by atoms with E-state index in [1.807, 2.05) is 0 Å². The van der Waals surface area contributed by atoms with E-state index in [4.69, 9.17) is 32.4 Å². The monoisotopic (exact) mass is 457 g/mol. The van der Waals surface area contributed by atoms with Gasteiger partial charge in [-0.2, -0.15) is 5.26 Å². The fourth-order valence-corrected chi connectivity index (χ4v) is 3.15. The first kappa shape index (κ1) is 21.9. The zero-order valence-corrected chi connectivity index (χ0v) is 17.4. The van der Waals surface area contributed by atoms with Crippen molar-refractivity contribution in [3.63, 3.8) is 0 Å². The summed E-state index contributed by atoms with van der Waals surface area (Å²) in [5.41, 5.74) is 0.285. The quantitative estimate of drug-likeness (QED) is 0.219. The number of anilines is 1. The average Bonchev–Trinajstić information content (AvgIpc) is 3.22. The molecule has 1 N–H and O–H groups in total. The third-order valence-corrected chi connectivity index (χ3v) is 4.77. The molecular weight excluding hydrogens is 445 g/mol. The second kappa shape index (κ2) is 9.34. The fraction of sp³-hybridized carbons (Fsp3) is 0.0476. The zero-order chi connectivity index (χ0) is 22.5. The van der Waals surface area contributed by atoms with Gasteiger partial charge in [0.2, 0.25) is 0 Å². The van der Waals surface area contributed by atoms with Crippen LogP contribution in [0.15, 0.2) is 58.5 Å². The SMILES string of the molecule is COc1cc([N+](=O)[O-])ccc1-c1ccc(/C=C(\C#N)C(=O)Nc2c(Cl)cccc2Cl)o1. The predicted octanol–water partition coefficient (Wildman–Crippen LogP) is 5.72. The van der Waals surface area contributed by atoms with E-state index in [0.29, 0.717) is 11.3 Å². The molecule has 2 aromatic carbocycles. The molecule has 0 bridgehead atoms. The van der Waals surface area contributed by atoms with E-state index in [9.17, 15) is 20.2 Å². The lowest BCUT2D eigenvalue weighted by Crippen LogP contribution is -2.14. The molecule has 0 aliphatic heterocycles. The highest BCUT2D eigenvalue weighted by Gasteiger charge is 2.17. The summed E-state index contributed by atoms with van der Waals surface area (Å²) in [5, 5.41) is 23.3. The predicted molar refractivity (Wildman–Crippen MR) is 116 cm³/mol. The maximum absolute atomic E-state index is 12.5. The van der Waals surface area contributed by atoms with Crippen molar-refractivity contribution in [3.05, 3.63) is 80.0 Å². The van der Waals surface area contributed by atoms with Crippen molar-refractivity contribution in [2.75, 3.05) is 12.4 Å². The van der Waals surface area contributed by atoms with Gasteiger partial charge in [-0.05, 0) is 30.3 Å². The lowest BCUT2D eigenvalue weighted by Gasteiger charge is -2.08. The summed E-state index contributed by atoms with van der Waals surface area (Å²) in [5.74, 6) is 0.0752. The number of furan rings is 1. The van der Waals surface area contributed by atoms with Crippen LogP contribution < -0.4 is 10.1 Å². The minimum atomic E-state index is -0.719. The van der Waals surface area contributed by atoms with Gasteiger partial charge in [0.25, 0.3) is 11.6 Å². The zero-order valence-electron chi connectivity index (χ0n) is 15.9. The number of nitriles is 1. The summed E-state index contributed by atoms with van der Waals surface area (Å²) in [7, 11) is 1.38. The standard InChI is InChI=1S/C21H13Cl2N3O5/c1-30-19-10-13(26(28)29)5-7-15(19)18-8-6-14(31-18)9-12(11-24)21(27)25-20-16(22)3-2-4-17(20)23/h2-10H,1H3,(H,25,27)/b12-9+. The molecule has 3 aromatic rings. The van der Waals surface area contributed by atoms with E-state index in [0.717, 1.165) is 0 Å². The summed E-state index contributed by atoms with van der Waals surface area (Å²) in [6, 6.07) is 13.7. The Morgan fingerprint density at radius 3 is 2.55 bits per heavy atom. The molecule has 1 amide bonds. The Hall–Kier alpha value is -3.80. The summed E-state index contributed by atoms with van der Waals surface area (Å²) in [4.78, 5) is 22.9. The number of para-hydroxylation sites is 1. The van der Waals surface area contributed by atoms with Crippen LogP contribution in [0.1, 0.15) is 5.76 Å². The normalized spacial score (nSPS) is 11.0. The Morgan fingerprint density at radius 2 is 1.94 bits per heavy atom. The number of non-ortho nitro benzene ring substituents is 1. The van der Waals surface area contributed by atoms with Gasteiger partial charge in [0, 0.05) is 12.1 Å². The Balaban J connectivity index is 1.88. The van der Waals surface area contributed by atoms with Crippen LogP contribution in [0.3, 0.4) is 0 Å². The van der Waals surface area contributed by atoms with Crippen LogP contribution in [0.5, 0.6) is 5.75 Å². The molecule has 0 unspecified atom stereocenters.